The number of nitrogens with two attached hydrogens (primary N) is 1. The molecule has 0 saturated carbocycles. The van der Waals surface area contributed by atoms with E-state index in [4.69, 9.17) is 5.73 Å². The lowest BCUT2D eigenvalue weighted by atomic mass is 9.82. The predicted molar refractivity (Wildman–Crippen MR) is 106 cm³/mol. The van der Waals surface area contributed by atoms with Gasteiger partial charge in [0.05, 0.1) is 22.4 Å². The Balaban J connectivity index is 1.88. The van der Waals surface area contributed by atoms with Crippen molar-refractivity contribution < 1.29 is 19.2 Å². The first-order chi connectivity index (χ1) is 14.3. The van der Waals surface area contributed by atoms with Crippen LogP contribution in [-0.2, 0) is 0 Å². The van der Waals surface area contributed by atoms with Gasteiger partial charge in [-0.3, -0.25) is 33.9 Å². The van der Waals surface area contributed by atoms with E-state index in [1.807, 2.05) is 0 Å². The van der Waals surface area contributed by atoms with E-state index in [0.29, 0.717) is 5.56 Å². The zero-order valence-electron chi connectivity index (χ0n) is 15.6. The monoisotopic (exact) mass is 399 g/mol. The molecule has 2 amide bonds. The molecule has 0 radical (unpaired) electrons. The first-order valence-corrected chi connectivity index (χ1v) is 9.05. The summed E-state index contributed by atoms with van der Waals surface area (Å²) in [6.45, 7) is 1.66. The number of nitrogen functional groups attached to an aromatic ring is 1. The largest absolute Gasteiger partial charge is 0.384 e. The van der Waals surface area contributed by atoms with Crippen molar-refractivity contribution >= 4 is 29.2 Å². The lowest BCUT2D eigenvalue weighted by Gasteiger charge is -2.23. The molecule has 3 aromatic rings. The number of anilines is 1. The fourth-order valence-electron chi connectivity index (χ4n) is 4.07. The molecule has 0 unspecified atom stereocenters. The number of benzene rings is 2. The van der Waals surface area contributed by atoms with E-state index >= 15 is 0 Å². The lowest BCUT2D eigenvalue weighted by Crippen LogP contribution is -2.29. The number of hydrogen-bond donors (Lipinski definition) is 2. The van der Waals surface area contributed by atoms with Crippen molar-refractivity contribution in [1.29, 1.82) is 0 Å². The topological polar surface area (TPSA) is 128 Å². The van der Waals surface area contributed by atoms with Crippen LogP contribution < -0.4 is 16.6 Å². The second-order valence-electron chi connectivity index (χ2n) is 7.13. The highest BCUT2D eigenvalue weighted by atomic mass is 16.2. The highest BCUT2D eigenvalue weighted by molar-refractivity contribution is 6.30. The van der Waals surface area contributed by atoms with Crippen molar-refractivity contribution in [3.05, 3.63) is 91.8 Å². The van der Waals surface area contributed by atoms with Gasteiger partial charge in [0, 0.05) is 22.8 Å². The number of carbonyl (C=O) groups excluding carboxylic acids is 4. The van der Waals surface area contributed by atoms with E-state index in [-0.39, 0.29) is 50.7 Å². The molecule has 0 spiro atoms. The Hall–Kier alpha value is -4.33. The quantitative estimate of drug-likeness (QED) is 0.466. The summed E-state index contributed by atoms with van der Waals surface area (Å²) in [7, 11) is 0. The minimum absolute atomic E-state index is 0.0391. The van der Waals surface area contributed by atoms with Gasteiger partial charge in [0.25, 0.3) is 17.4 Å². The number of imide groups is 1. The van der Waals surface area contributed by atoms with Gasteiger partial charge in [-0.1, -0.05) is 30.3 Å². The molecule has 0 atom stereocenters. The van der Waals surface area contributed by atoms with Crippen molar-refractivity contribution in [2.45, 2.75) is 6.92 Å². The zero-order chi connectivity index (χ0) is 21.3. The Bertz CT molecular complexity index is 1430. The number of nitrogens with zero attached hydrogens (tertiary/aromatic N) is 1. The van der Waals surface area contributed by atoms with Crippen LogP contribution in [0.2, 0.25) is 0 Å². The van der Waals surface area contributed by atoms with E-state index < -0.39 is 23.2 Å². The van der Waals surface area contributed by atoms with Crippen LogP contribution in [0.1, 0.15) is 58.1 Å². The van der Waals surface area contributed by atoms with Crippen LogP contribution in [0.5, 0.6) is 0 Å². The molecule has 146 valence electrons. The smallest absolute Gasteiger partial charge is 0.262 e. The molecule has 8 heteroatoms. The molecule has 3 N–H and O–H groups in total. The summed E-state index contributed by atoms with van der Waals surface area (Å²) in [6, 6.07) is 10.6. The number of amides is 2. The highest BCUT2D eigenvalue weighted by Crippen LogP contribution is 2.34. The Morgan fingerprint density at radius 3 is 2.13 bits per heavy atom. The van der Waals surface area contributed by atoms with Crippen LogP contribution in [-0.4, -0.2) is 27.9 Å². The molecule has 0 saturated heterocycles. The average molecular weight is 399 g/mol. The maximum Gasteiger partial charge on any atom is 0.262 e. The molecule has 5 rings (SSSR count). The summed E-state index contributed by atoms with van der Waals surface area (Å²) in [4.78, 5) is 63.4. The van der Waals surface area contributed by atoms with E-state index in [0.717, 1.165) is 10.6 Å². The molecule has 2 aromatic carbocycles. The Morgan fingerprint density at radius 2 is 1.43 bits per heavy atom. The number of aryl methyl sites for hydroxylation is 1. The predicted octanol–water partition coefficient (Wildman–Crippen LogP) is 1.39. The first-order valence-electron chi connectivity index (χ1n) is 9.05. The SMILES string of the molecule is Cc1ccc2c(c1-n1c(N)c3c(cc1=O)C(=O)NC3=O)C(=O)c1ccccc1C2=O. The average Bonchev–Trinajstić information content (AvgIpc) is 3.00. The molecule has 1 aromatic heterocycles. The number of rotatable bonds is 1. The zero-order valence-corrected chi connectivity index (χ0v) is 15.6. The van der Waals surface area contributed by atoms with Gasteiger partial charge in [0.15, 0.2) is 11.6 Å². The standard InChI is InChI=1S/C22H13N3O5/c1-9-6-7-12-15(19(28)11-5-3-2-4-10(11)18(12)27)17(9)25-14(26)8-13-16(20(25)23)22(30)24-21(13)29/h2-8H,23H2,1H3,(H,24,29,30). The molecule has 2 aliphatic rings. The van der Waals surface area contributed by atoms with Crippen LogP contribution >= 0.6 is 0 Å². The van der Waals surface area contributed by atoms with Crippen LogP contribution in [0, 0.1) is 6.92 Å². The summed E-state index contributed by atoms with van der Waals surface area (Å²) in [5.41, 5.74) is 6.53. The van der Waals surface area contributed by atoms with Gasteiger partial charge in [0.1, 0.15) is 5.82 Å². The molecular weight excluding hydrogens is 386 g/mol. The maximum atomic E-state index is 13.3. The fourth-order valence-corrected chi connectivity index (χ4v) is 4.07. The van der Waals surface area contributed by atoms with Crippen LogP contribution in [0.15, 0.2) is 47.3 Å². The summed E-state index contributed by atoms with van der Waals surface area (Å²) < 4.78 is 1.02. The third-order valence-electron chi connectivity index (χ3n) is 5.44. The van der Waals surface area contributed by atoms with E-state index in [1.165, 1.54) is 6.07 Å². The molecule has 8 nitrogen and oxygen atoms in total. The number of hydrogen-bond acceptors (Lipinski definition) is 6. The number of ketones is 2. The summed E-state index contributed by atoms with van der Waals surface area (Å²) in [5, 5.41) is 2.10. The van der Waals surface area contributed by atoms with Gasteiger partial charge in [-0.2, -0.15) is 0 Å². The Labute approximate surface area is 168 Å². The van der Waals surface area contributed by atoms with Crippen molar-refractivity contribution in [1.82, 2.24) is 9.88 Å². The third-order valence-corrected chi connectivity index (χ3v) is 5.44. The van der Waals surface area contributed by atoms with Gasteiger partial charge < -0.3 is 5.73 Å². The van der Waals surface area contributed by atoms with Gasteiger partial charge in [-0.25, -0.2) is 0 Å². The van der Waals surface area contributed by atoms with Crippen LogP contribution in [0.4, 0.5) is 5.82 Å². The first kappa shape index (κ1) is 17.7. The minimum Gasteiger partial charge on any atom is -0.384 e. The second-order valence-corrected chi connectivity index (χ2v) is 7.13. The third kappa shape index (κ3) is 2.12. The lowest BCUT2D eigenvalue weighted by molar-refractivity contribution is 0.0878. The van der Waals surface area contributed by atoms with Crippen LogP contribution in [0.25, 0.3) is 5.69 Å². The Morgan fingerprint density at radius 1 is 0.767 bits per heavy atom. The number of carbonyl (C=O) groups is 4. The van der Waals surface area contributed by atoms with Crippen molar-refractivity contribution in [3.8, 4) is 5.69 Å². The second kappa shape index (κ2) is 5.84. The molecule has 0 bridgehead atoms. The van der Waals surface area contributed by atoms with Gasteiger partial charge in [-0.05, 0) is 18.6 Å². The Kier molecular flexibility index (Phi) is 3.45. The molecule has 1 aliphatic carbocycles. The van der Waals surface area contributed by atoms with Gasteiger partial charge >= 0.3 is 0 Å². The number of nitrogens with one attached hydrogen (secondary N) is 1. The molecule has 2 heterocycles. The summed E-state index contributed by atoms with van der Waals surface area (Å²) in [5.74, 6) is -2.47. The van der Waals surface area contributed by atoms with Crippen molar-refractivity contribution in [3.63, 3.8) is 0 Å². The molecule has 0 fully saturated rings. The highest BCUT2D eigenvalue weighted by Gasteiger charge is 2.36. The van der Waals surface area contributed by atoms with E-state index in [1.54, 1.807) is 37.3 Å². The van der Waals surface area contributed by atoms with Gasteiger partial charge in [-0.15, -0.1) is 0 Å². The van der Waals surface area contributed by atoms with E-state index in [9.17, 15) is 24.0 Å². The van der Waals surface area contributed by atoms with Crippen LogP contribution in [0.3, 0.4) is 0 Å². The molecular formula is C22H13N3O5. The summed E-state index contributed by atoms with van der Waals surface area (Å²) in [6.07, 6.45) is 0. The fraction of sp³-hybridized carbons (Fsp3) is 0.0455. The molecule has 1 aliphatic heterocycles. The number of aromatic nitrogens is 1. The minimum atomic E-state index is -0.726. The normalized spacial score (nSPS) is 14.3. The number of pyridine rings is 1. The van der Waals surface area contributed by atoms with Crippen molar-refractivity contribution in [2.24, 2.45) is 0 Å². The maximum absolute atomic E-state index is 13.3. The number of fused-ring (bicyclic) bond motifs is 3. The van der Waals surface area contributed by atoms with Gasteiger partial charge in [0.2, 0.25) is 0 Å². The van der Waals surface area contributed by atoms with E-state index in [2.05, 4.69) is 5.32 Å². The molecule has 30 heavy (non-hydrogen) atoms. The van der Waals surface area contributed by atoms with Crippen molar-refractivity contribution in [2.75, 3.05) is 5.73 Å². The summed E-state index contributed by atoms with van der Waals surface area (Å²) >= 11 is 0.